The standard InChI is InChI=1S/C13H19NO4/c1-4-18-11-7-5-6-10(8-11)14-9-13(2,16)12(15)17-3/h5-8,14,16H,4,9H2,1-3H3. The fourth-order valence-corrected chi connectivity index (χ4v) is 1.43. The van der Waals surface area contributed by atoms with Crippen LogP contribution in [0.3, 0.4) is 0 Å². The van der Waals surface area contributed by atoms with Gasteiger partial charge in [-0.15, -0.1) is 0 Å². The van der Waals surface area contributed by atoms with E-state index in [4.69, 9.17) is 4.74 Å². The van der Waals surface area contributed by atoms with Crippen molar-refractivity contribution < 1.29 is 19.4 Å². The van der Waals surface area contributed by atoms with E-state index in [0.29, 0.717) is 6.61 Å². The summed E-state index contributed by atoms with van der Waals surface area (Å²) >= 11 is 0. The number of methoxy groups -OCH3 is 1. The van der Waals surface area contributed by atoms with E-state index < -0.39 is 11.6 Å². The molecule has 5 heteroatoms. The minimum atomic E-state index is -1.56. The molecule has 1 unspecified atom stereocenters. The van der Waals surface area contributed by atoms with E-state index >= 15 is 0 Å². The summed E-state index contributed by atoms with van der Waals surface area (Å²) in [4.78, 5) is 11.3. The third-order valence-electron chi connectivity index (χ3n) is 2.41. The Balaban J connectivity index is 2.63. The van der Waals surface area contributed by atoms with Crippen LogP contribution >= 0.6 is 0 Å². The first-order valence-corrected chi connectivity index (χ1v) is 5.77. The van der Waals surface area contributed by atoms with Gasteiger partial charge in [-0.1, -0.05) is 6.07 Å². The third-order valence-corrected chi connectivity index (χ3v) is 2.41. The van der Waals surface area contributed by atoms with Crippen LogP contribution in [0.2, 0.25) is 0 Å². The van der Waals surface area contributed by atoms with Crippen LogP contribution in [0.5, 0.6) is 5.75 Å². The van der Waals surface area contributed by atoms with Crippen LogP contribution in [-0.4, -0.2) is 36.9 Å². The van der Waals surface area contributed by atoms with Gasteiger partial charge in [0, 0.05) is 11.8 Å². The monoisotopic (exact) mass is 253 g/mol. The molecule has 0 aliphatic rings. The Kier molecular flexibility index (Phi) is 4.97. The Labute approximate surface area is 107 Å². The highest BCUT2D eigenvalue weighted by Crippen LogP contribution is 2.18. The van der Waals surface area contributed by atoms with Crippen LogP contribution < -0.4 is 10.1 Å². The first kappa shape index (κ1) is 14.3. The highest BCUT2D eigenvalue weighted by Gasteiger charge is 2.31. The molecule has 5 nitrogen and oxygen atoms in total. The highest BCUT2D eigenvalue weighted by molar-refractivity contribution is 5.79. The first-order chi connectivity index (χ1) is 8.49. The van der Waals surface area contributed by atoms with E-state index in [1.807, 2.05) is 25.1 Å². The molecule has 0 spiro atoms. The topological polar surface area (TPSA) is 67.8 Å². The van der Waals surface area contributed by atoms with Crippen molar-refractivity contribution >= 4 is 11.7 Å². The molecule has 0 saturated heterocycles. The summed E-state index contributed by atoms with van der Waals surface area (Å²) in [5.74, 6) is 0.0659. The molecule has 0 amide bonds. The van der Waals surface area contributed by atoms with Crippen LogP contribution in [0.15, 0.2) is 24.3 Å². The second-order valence-corrected chi connectivity index (χ2v) is 4.08. The maximum Gasteiger partial charge on any atom is 0.339 e. The number of esters is 1. The lowest BCUT2D eigenvalue weighted by Crippen LogP contribution is -2.42. The fraction of sp³-hybridized carbons (Fsp3) is 0.462. The average molecular weight is 253 g/mol. The number of hydrogen-bond donors (Lipinski definition) is 2. The van der Waals surface area contributed by atoms with E-state index in [1.54, 1.807) is 6.07 Å². The molecule has 1 aromatic rings. The molecule has 1 aromatic carbocycles. The molecule has 2 N–H and O–H groups in total. The molecule has 100 valence electrons. The van der Waals surface area contributed by atoms with Gasteiger partial charge in [0.05, 0.1) is 20.3 Å². The highest BCUT2D eigenvalue weighted by atomic mass is 16.5. The first-order valence-electron chi connectivity index (χ1n) is 5.77. The molecule has 0 saturated carbocycles. The Bertz CT molecular complexity index is 404. The van der Waals surface area contributed by atoms with Crippen molar-refractivity contribution in [3.63, 3.8) is 0 Å². The molecule has 0 heterocycles. The number of carbonyl (C=O) groups is 1. The van der Waals surface area contributed by atoms with E-state index in [2.05, 4.69) is 10.1 Å². The van der Waals surface area contributed by atoms with Gasteiger partial charge in [-0.3, -0.25) is 0 Å². The summed E-state index contributed by atoms with van der Waals surface area (Å²) in [6.45, 7) is 3.96. The van der Waals surface area contributed by atoms with Gasteiger partial charge < -0.3 is 19.9 Å². The molecule has 1 atom stereocenters. The van der Waals surface area contributed by atoms with Crippen LogP contribution in [-0.2, 0) is 9.53 Å². The fourth-order valence-electron chi connectivity index (χ4n) is 1.43. The number of nitrogens with one attached hydrogen (secondary N) is 1. The lowest BCUT2D eigenvalue weighted by molar-refractivity contribution is -0.158. The number of anilines is 1. The smallest absolute Gasteiger partial charge is 0.339 e. The molecular weight excluding hydrogens is 234 g/mol. The Morgan fingerprint density at radius 3 is 2.83 bits per heavy atom. The largest absolute Gasteiger partial charge is 0.494 e. The number of ether oxygens (including phenoxy) is 2. The second-order valence-electron chi connectivity index (χ2n) is 4.08. The molecule has 0 aromatic heterocycles. The minimum Gasteiger partial charge on any atom is -0.494 e. The maximum atomic E-state index is 11.3. The quantitative estimate of drug-likeness (QED) is 0.750. The SMILES string of the molecule is CCOc1cccc(NCC(C)(O)C(=O)OC)c1. The third kappa shape index (κ3) is 3.92. The number of benzene rings is 1. The molecule has 0 aliphatic carbocycles. The summed E-state index contributed by atoms with van der Waals surface area (Å²) in [7, 11) is 1.24. The predicted molar refractivity (Wildman–Crippen MR) is 68.7 cm³/mol. The minimum absolute atomic E-state index is 0.0647. The van der Waals surface area contributed by atoms with Crippen LogP contribution in [0.25, 0.3) is 0 Å². The molecule has 0 radical (unpaired) electrons. The Morgan fingerprint density at radius 2 is 2.22 bits per heavy atom. The van der Waals surface area contributed by atoms with E-state index in [0.717, 1.165) is 11.4 Å². The molecule has 0 fully saturated rings. The zero-order valence-corrected chi connectivity index (χ0v) is 10.9. The summed E-state index contributed by atoms with van der Waals surface area (Å²) in [6, 6.07) is 7.31. The van der Waals surface area contributed by atoms with Gasteiger partial charge in [-0.05, 0) is 26.0 Å². The molecule has 1 rings (SSSR count). The number of aliphatic hydroxyl groups is 1. The van der Waals surface area contributed by atoms with Gasteiger partial charge in [-0.2, -0.15) is 0 Å². The summed E-state index contributed by atoms with van der Waals surface area (Å²) in [5, 5.41) is 12.8. The molecule has 0 bridgehead atoms. The summed E-state index contributed by atoms with van der Waals surface area (Å²) in [5.41, 5.74) is -0.791. The van der Waals surface area contributed by atoms with Crippen molar-refractivity contribution in [1.82, 2.24) is 0 Å². The van der Waals surface area contributed by atoms with Crippen LogP contribution in [0, 0.1) is 0 Å². The molecule has 0 aliphatic heterocycles. The lowest BCUT2D eigenvalue weighted by Gasteiger charge is -2.21. The summed E-state index contributed by atoms with van der Waals surface area (Å²) in [6.07, 6.45) is 0. The molecule has 18 heavy (non-hydrogen) atoms. The maximum absolute atomic E-state index is 11.3. The van der Waals surface area contributed by atoms with Gasteiger partial charge in [-0.25, -0.2) is 4.79 Å². The van der Waals surface area contributed by atoms with Crippen molar-refractivity contribution in [2.24, 2.45) is 0 Å². The van der Waals surface area contributed by atoms with E-state index in [1.165, 1.54) is 14.0 Å². The Morgan fingerprint density at radius 1 is 1.50 bits per heavy atom. The molecular formula is C13H19NO4. The van der Waals surface area contributed by atoms with E-state index in [-0.39, 0.29) is 6.54 Å². The van der Waals surface area contributed by atoms with Crippen molar-refractivity contribution in [2.75, 3.05) is 25.6 Å². The van der Waals surface area contributed by atoms with Crippen molar-refractivity contribution in [3.8, 4) is 5.75 Å². The van der Waals surface area contributed by atoms with Crippen molar-refractivity contribution in [2.45, 2.75) is 19.4 Å². The number of rotatable bonds is 6. The predicted octanol–water partition coefficient (Wildman–Crippen LogP) is 1.42. The van der Waals surface area contributed by atoms with Crippen LogP contribution in [0.4, 0.5) is 5.69 Å². The second kappa shape index (κ2) is 6.26. The number of hydrogen-bond acceptors (Lipinski definition) is 5. The van der Waals surface area contributed by atoms with Gasteiger partial charge in [0.1, 0.15) is 5.75 Å². The zero-order valence-electron chi connectivity index (χ0n) is 10.9. The Hall–Kier alpha value is -1.75. The van der Waals surface area contributed by atoms with Crippen molar-refractivity contribution in [3.05, 3.63) is 24.3 Å². The summed E-state index contributed by atoms with van der Waals surface area (Å²) < 4.78 is 9.87. The lowest BCUT2D eigenvalue weighted by atomic mass is 10.1. The van der Waals surface area contributed by atoms with Crippen LogP contribution in [0.1, 0.15) is 13.8 Å². The van der Waals surface area contributed by atoms with Gasteiger partial charge in [0.25, 0.3) is 0 Å². The van der Waals surface area contributed by atoms with E-state index in [9.17, 15) is 9.90 Å². The normalized spacial score (nSPS) is 13.6. The van der Waals surface area contributed by atoms with Gasteiger partial charge in [0.15, 0.2) is 5.60 Å². The number of carbonyl (C=O) groups excluding carboxylic acids is 1. The van der Waals surface area contributed by atoms with Gasteiger partial charge in [0.2, 0.25) is 0 Å². The van der Waals surface area contributed by atoms with Crippen molar-refractivity contribution in [1.29, 1.82) is 0 Å². The zero-order chi connectivity index (χ0) is 13.6. The average Bonchev–Trinajstić information content (AvgIpc) is 2.36. The van der Waals surface area contributed by atoms with Gasteiger partial charge >= 0.3 is 5.97 Å².